The van der Waals surface area contributed by atoms with Crippen molar-refractivity contribution in [3.63, 3.8) is 0 Å². The summed E-state index contributed by atoms with van der Waals surface area (Å²) in [5, 5.41) is 0.287. The molecule has 88 valence electrons. The molecule has 0 saturated heterocycles. The van der Waals surface area contributed by atoms with Crippen molar-refractivity contribution in [2.75, 3.05) is 6.61 Å². The topological polar surface area (TPSA) is 43.4 Å². The van der Waals surface area contributed by atoms with E-state index in [0.29, 0.717) is 13.0 Å². The minimum absolute atomic E-state index is 0.120. The fourth-order valence-corrected chi connectivity index (χ4v) is 2.28. The first-order valence-corrected chi connectivity index (χ1v) is 7.12. The van der Waals surface area contributed by atoms with Crippen LogP contribution in [0.3, 0.4) is 0 Å². The number of halogens is 2. The fraction of sp³-hybridized carbons (Fsp3) is 0.200. The molecule has 0 bridgehead atoms. The van der Waals surface area contributed by atoms with E-state index in [2.05, 4.69) is 6.58 Å². The van der Waals surface area contributed by atoms with Gasteiger partial charge in [0.25, 0.3) is 9.05 Å². The maximum absolute atomic E-state index is 11.2. The van der Waals surface area contributed by atoms with Gasteiger partial charge in [0.15, 0.2) is 0 Å². The van der Waals surface area contributed by atoms with E-state index in [1.54, 1.807) is 6.08 Å². The minimum Gasteiger partial charge on any atom is -0.492 e. The van der Waals surface area contributed by atoms with E-state index in [1.165, 1.54) is 18.2 Å². The van der Waals surface area contributed by atoms with Crippen molar-refractivity contribution >= 4 is 31.3 Å². The third-order valence-electron chi connectivity index (χ3n) is 1.75. The smallest absolute Gasteiger partial charge is 0.265 e. The Morgan fingerprint density at radius 1 is 1.44 bits per heavy atom. The van der Waals surface area contributed by atoms with Gasteiger partial charge in [0.1, 0.15) is 10.6 Å². The Morgan fingerprint density at radius 3 is 2.69 bits per heavy atom. The highest BCUT2D eigenvalue weighted by Crippen LogP contribution is 2.29. The molecule has 0 fully saturated rings. The molecule has 0 N–H and O–H groups in total. The second kappa shape index (κ2) is 5.57. The molecule has 0 unspecified atom stereocenters. The van der Waals surface area contributed by atoms with Gasteiger partial charge >= 0.3 is 0 Å². The van der Waals surface area contributed by atoms with Crippen LogP contribution >= 0.6 is 22.3 Å². The molecule has 0 aliphatic carbocycles. The van der Waals surface area contributed by atoms with Gasteiger partial charge in [-0.05, 0) is 24.6 Å². The highest BCUT2D eigenvalue weighted by molar-refractivity contribution is 8.13. The first-order valence-electron chi connectivity index (χ1n) is 4.43. The standard InChI is InChI=1S/C10H10Cl2O3S/c1-2-3-6-15-9-5-4-8(11)7-10(9)16(12,13)14/h2,4-5,7H,1,3,6H2. The lowest BCUT2D eigenvalue weighted by Gasteiger charge is -2.08. The number of rotatable bonds is 5. The van der Waals surface area contributed by atoms with Crippen LogP contribution in [-0.4, -0.2) is 15.0 Å². The van der Waals surface area contributed by atoms with E-state index in [4.69, 9.17) is 27.0 Å². The van der Waals surface area contributed by atoms with Crippen molar-refractivity contribution in [2.24, 2.45) is 0 Å². The van der Waals surface area contributed by atoms with Gasteiger partial charge in [0, 0.05) is 15.7 Å². The predicted molar refractivity (Wildman–Crippen MR) is 64.8 cm³/mol. The zero-order valence-electron chi connectivity index (χ0n) is 8.32. The van der Waals surface area contributed by atoms with Crippen molar-refractivity contribution in [3.05, 3.63) is 35.9 Å². The maximum atomic E-state index is 11.2. The quantitative estimate of drug-likeness (QED) is 0.473. The SMILES string of the molecule is C=CCCOc1ccc(Cl)cc1S(=O)(=O)Cl. The van der Waals surface area contributed by atoms with Crippen molar-refractivity contribution < 1.29 is 13.2 Å². The third-order valence-corrected chi connectivity index (χ3v) is 3.33. The van der Waals surface area contributed by atoms with Gasteiger partial charge in [-0.2, -0.15) is 0 Å². The summed E-state index contributed by atoms with van der Waals surface area (Å²) in [6.07, 6.45) is 2.29. The Labute approximate surface area is 104 Å². The van der Waals surface area contributed by atoms with Crippen LogP contribution in [0.4, 0.5) is 0 Å². The van der Waals surface area contributed by atoms with E-state index in [-0.39, 0.29) is 15.7 Å². The molecule has 6 heteroatoms. The van der Waals surface area contributed by atoms with Crippen LogP contribution in [0.15, 0.2) is 35.7 Å². The largest absolute Gasteiger partial charge is 0.492 e. The number of hydrogen-bond acceptors (Lipinski definition) is 3. The van der Waals surface area contributed by atoms with Crippen LogP contribution in [0, 0.1) is 0 Å². The van der Waals surface area contributed by atoms with Crippen LogP contribution in [-0.2, 0) is 9.05 Å². The van der Waals surface area contributed by atoms with Crippen molar-refractivity contribution in [1.29, 1.82) is 0 Å². The molecule has 1 aromatic rings. The molecule has 0 aliphatic rings. The van der Waals surface area contributed by atoms with Crippen LogP contribution in [0.25, 0.3) is 0 Å². The van der Waals surface area contributed by atoms with Crippen molar-refractivity contribution in [2.45, 2.75) is 11.3 Å². The minimum atomic E-state index is -3.86. The summed E-state index contributed by atoms with van der Waals surface area (Å²) in [5.74, 6) is 0.196. The Bertz CT molecular complexity index is 483. The first kappa shape index (κ1) is 13.4. The average Bonchev–Trinajstić information content (AvgIpc) is 2.19. The lowest BCUT2D eigenvalue weighted by atomic mass is 10.3. The van der Waals surface area contributed by atoms with Gasteiger partial charge in [0.05, 0.1) is 6.61 Å². The third kappa shape index (κ3) is 3.70. The number of hydrogen-bond donors (Lipinski definition) is 0. The van der Waals surface area contributed by atoms with Crippen molar-refractivity contribution in [1.82, 2.24) is 0 Å². The van der Waals surface area contributed by atoms with E-state index < -0.39 is 9.05 Å². The highest BCUT2D eigenvalue weighted by atomic mass is 35.7. The fourth-order valence-electron chi connectivity index (χ4n) is 1.04. The molecule has 0 atom stereocenters. The van der Waals surface area contributed by atoms with Crippen LogP contribution in [0.5, 0.6) is 5.75 Å². The van der Waals surface area contributed by atoms with E-state index in [9.17, 15) is 8.42 Å². The summed E-state index contributed by atoms with van der Waals surface area (Å²) in [4.78, 5) is -0.120. The molecule has 0 amide bonds. The molecule has 0 saturated carbocycles. The number of benzene rings is 1. The normalized spacial score (nSPS) is 11.1. The molecule has 1 rings (SSSR count). The molecule has 0 aromatic heterocycles. The summed E-state index contributed by atoms with van der Waals surface area (Å²) in [6.45, 7) is 3.87. The van der Waals surface area contributed by atoms with Gasteiger partial charge in [-0.1, -0.05) is 17.7 Å². The second-order valence-corrected chi connectivity index (χ2v) is 5.93. The van der Waals surface area contributed by atoms with Gasteiger partial charge in [-0.15, -0.1) is 6.58 Å². The molecule has 0 heterocycles. The first-order chi connectivity index (χ1) is 7.45. The summed E-state index contributed by atoms with van der Waals surface area (Å²) in [5.41, 5.74) is 0. The summed E-state index contributed by atoms with van der Waals surface area (Å²) in [6, 6.07) is 4.27. The van der Waals surface area contributed by atoms with E-state index in [1.807, 2.05) is 0 Å². The molecule has 0 radical (unpaired) electrons. The molecule has 3 nitrogen and oxygen atoms in total. The Morgan fingerprint density at radius 2 is 2.12 bits per heavy atom. The predicted octanol–water partition coefficient (Wildman–Crippen LogP) is 3.22. The Balaban J connectivity index is 3.04. The van der Waals surface area contributed by atoms with Crippen LogP contribution in [0.1, 0.15) is 6.42 Å². The molecular formula is C10H10Cl2O3S. The molecule has 16 heavy (non-hydrogen) atoms. The molecular weight excluding hydrogens is 271 g/mol. The highest BCUT2D eigenvalue weighted by Gasteiger charge is 2.17. The van der Waals surface area contributed by atoms with E-state index >= 15 is 0 Å². The van der Waals surface area contributed by atoms with Crippen molar-refractivity contribution in [3.8, 4) is 5.75 Å². The van der Waals surface area contributed by atoms with Gasteiger partial charge < -0.3 is 4.74 Å². The van der Waals surface area contributed by atoms with Crippen LogP contribution < -0.4 is 4.74 Å². The van der Waals surface area contributed by atoms with Gasteiger partial charge in [-0.25, -0.2) is 8.42 Å². The zero-order chi connectivity index (χ0) is 12.2. The summed E-state index contributed by atoms with van der Waals surface area (Å²) < 4.78 is 27.8. The molecule has 0 aliphatic heterocycles. The molecule has 0 spiro atoms. The Kier molecular flexibility index (Phi) is 4.65. The lowest BCUT2D eigenvalue weighted by molar-refractivity contribution is 0.317. The maximum Gasteiger partial charge on any atom is 0.265 e. The lowest BCUT2D eigenvalue weighted by Crippen LogP contribution is -2.01. The van der Waals surface area contributed by atoms with Crippen LogP contribution in [0.2, 0.25) is 5.02 Å². The van der Waals surface area contributed by atoms with Gasteiger partial charge in [0.2, 0.25) is 0 Å². The molecule has 1 aromatic carbocycles. The summed E-state index contributed by atoms with van der Waals surface area (Å²) >= 11 is 5.69. The monoisotopic (exact) mass is 280 g/mol. The summed E-state index contributed by atoms with van der Waals surface area (Å²) in [7, 11) is 1.41. The second-order valence-electron chi connectivity index (χ2n) is 2.95. The average molecular weight is 281 g/mol. The van der Waals surface area contributed by atoms with Gasteiger partial charge in [-0.3, -0.25) is 0 Å². The van der Waals surface area contributed by atoms with E-state index in [0.717, 1.165) is 0 Å². The zero-order valence-corrected chi connectivity index (χ0v) is 10.6. The number of ether oxygens (including phenoxy) is 1. The Hall–Kier alpha value is -0.710.